The minimum Gasteiger partial charge on any atom is -0.361 e. The number of aromatic nitrogens is 1. The van der Waals surface area contributed by atoms with Gasteiger partial charge in [-0.2, -0.15) is 11.8 Å². The molecule has 2 atom stereocenters. The summed E-state index contributed by atoms with van der Waals surface area (Å²) in [5, 5.41) is 1.47. The number of benzene rings is 1. The molecule has 0 saturated carbocycles. The van der Waals surface area contributed by atoms with Crippen molar-refractivity contribution in [1.29, 1.82) is 0 Å². The number of carbonyl (C=O) groups excluding carboxylic acids is 1. The molecule has 0 radical (unpaired) electrons. The summed E-state index contributed by atoms with van der Waals surface area (Å²) in [6.45, 7) is 8.81. The minimum absolute atomic E-state index is 0.280. The van der Waals surface area contributed by atoms with Gasteiger partial charge in [-0.3, -0.25) is 4.79 Å². The lowest BCUT2D eigenvalue weighted by molar-refractivity contribution is -0.114. The third-order valence-corrected chi connectivity index (χ3v) is 6.91. The summed E-state index contributed by atoms with van der Waals surface area (Å²) >= 11 is 1.81. The molecule has 1 aliphatic carbocycles. The quantitative estimate of drug-likeness (QED) is 0.712. The maximum Gasteiger partial charge on any atom is 0.139 e. The fraction of sp³-hybridized carbons (Fsp3) is 0.571. The van der Waals surface area contributed by atoms with Gasteiger partial charge < -0.3 is 4.98 Å². The van der Waals surface area contributed by atoms with Crippen LogP contribution in [0, 0.1) is 11.3 Å². The highest BCUT2D eigenvalue weighted by molar-refractivity contribution is 7.99. The summed E-state index contributed by atoms with van der Waals surface area (Å²) in [7, 11) is 0. The monoisotopic (exact) mass is 343 g/mol. The predicted molar refractivity (Wildman–Crippen MR) is 105 cm³/mol. The van der Waals surface area contributed by atoms with Crippen molar-refractivity contribution in [1.82, 2.24) is 4.98 Å². The molecule has 3 heteroatoms. The highest BCUT2D eigenvalue weighted by atomic mass is 32.2. The number of rotatable bonds is 7. The normalized spacial score (nSPS) is 20.2. The molecular formula is C21H29NOS. The number of aromatic amines is 1. The smallest absolute Gasteiger partial charge is 0.139 e. The molecule has 3 rings (SSSR count). The molecule has 0 amide bonds. The molecule has 0 fully saturated rings. The molecule has 2 aromatic rings. The first kappa shape index (κ1) is 17.6. The van der Waals surface area contributed by atoms with E-state index in [2.05, 4.69) is 50.2 Å². The van der Waals surface area contributed by atoms with Crippen molar-refractivity contribution in [3.8, 4) is 0 Å². The lowest BCUT2D eigenvalue weighted by Crippen LogP contribution is -2.30. The molecule has 130 valence electrons. The molecule has 0 bridgehead atoms. The Hall–Kier alpha value is -1.22. The van der Waals surface area contributed by atoms with E-state index in [-0.39, 0.29) is 11.2 Å². The van der Waals surface area contributed by atoms with Gasteiger partial charge in [0.1, 0.15) is 5.78 Å². The van der Waals surface area contributed by atoms with E-state index in [9.17, 15) is 4.79 Å². The largest absolute Gasteiger partial charge is 0.361 e. The number of Topliss-reactive ketones (excluding diaryl/α,β-unsaturated/α-hetero) is 1. The van der Waals surface area contributed by atoms with Gasteiger partial charge in [0.25, 0.3) is 0 Å². The summed E-state index contributed by atoms with van der Waals surface area (Å²) in [6, 6.07) is 6.72. The van der Waals surface area contributed by atoms with Crippen molar-refractivity contribution in [2.45, 2.75) is 52.9 Å². The zero-order chi connectivity index (χ0) is 17.3. The molecule has 1 heterocycles. The van der Waals surface area contributed by atoms with Gasteiger partial charge in [-0.05, 0) is 60.0 Å². The Kier molecular flexibility index (Phi) is 5.10. The maximum absolute atomic E-state index is 11.2. The number of nitrogens with one attached hydrogen (secondary N) is 1. The summed E-state index contributed by atoms with van der Waals surface area (Å²) in [6.07, 6.45) is 5.75. The second kappa shape index (κ2) is 6.95. The van der Waals surface area contributed by atoms with E-state index >= 15 is 0 Å². The highest BCUT2D eigenvalue weighted by Gasteiger charge is 2.38. The second-order valence-electron chi connectivity index (χ2n) is 8.03. The van der Waals surface area contributed by atoms with Crippen LogP contribution in [0.15, 0.2) is 24.4 Å². The van der Waals surface area contributed by atoms with Crippen LogP contribution in [0.2, 0.25) is 0 Å². The number of carbonyl (C=O) groups is 1. The molecule has 0 saturated heterocycles. The standard InChI is InChI=1S/C21H29NOS/c1-5-15(13-24-12-14(2)23)9-18-17-7-6-8-19-20(17)16(11-22-19)10-21(18,3)4/h6-8,11,15,18,22H,5,9-10,12-13H2,1-4H3. The molecule has 24 heavy (non-hydrogen) atoms. The summed E-state index contributed by atoms with van der Waals surface area (Å²) in [5.41, 5.74) is 4.56. The van der Waals surface area contributed by atoms with Gasteiger partial charge in [-0.1, -0.05) is 39.3 Å². The van der Waals surface area contributed by atoms with Crippen LogP contribution >= 0.6 is 11.8 Å². The van der Waals surface area contributed by atoms with Gasteiger partial charge in [0.2, 0.25) is 0 Å². The Balaban J connectivity index is 1.84. The summed E-state index contributed by atoms with van der Waals surface area (Å²) < 4.78 is 0. The fourth-order valence-electron chi connectivity index (χ4n) is 4.25. The van der Waals surface area contributed by atoms with Crippen molar-refractivity contribution in [3.05, 3.63) is 35.5 Å². The van der Waals surface area contributed by atoms with Crippen molar-refractivity contribution in [3.63, 3.8) is 0 Å². The van der Waals surface area contributed by atoms with E-state index in [0.29, 0.717) is 17.6 Å². The van der Waals surface area contributed by atoms with Gasteiger partial charge in [-0.25, -0.2) is 0 Å². The van der Waals surface area contributed by atoms with Gasteiger partial charge in [0.15, 0.2) is 0 Å². The number of H-pyrrole nitrogens is 1. The molecule has 0 spiro atoms. The Bertz CT molecular complexity index is 731. The first-order chi connectivity index (χ1) is 11.4. The van der Waals surface area contributed by atoms with E-state index < -0.39 is 0 Å². The van der Waals surface area contributed by atoms with Crippen LogP contribution in [-0.2, 0) is 11.2 Å². The van der Waals surface area contributed by atoms with Crippen LogP contribution < -0.4 is 0 Å². The Morgan fingerprint density at radius 2 is 2.21 bits per heavy atom. The van der Waals surface area contributed by atoms with Crippen LogP contribution in [0.4, 0.5) is 0 Å². The van der Waals surface area contributed by atoms with E-state index in [4.69, 9.17) is 0 Å². The maximum atomic E-state index is 11.2. The van der Waals surface area contributed by atoms with E-state index in [1.165, 1.54) is 34.9 Å². The van der Waals surface area contributed by atoms with Crippen molar-refractivity contribution >= 4 is 28.4 Å². The number of ketones is 1. The van der Waals surface area contributed by atoms with Crippen LogP contribution in [-0.4, -0.2) is 22.3 Å². The van der Waals surface area contributed by atoms with Gasteiger partial charge in [0, 0.05) is 17.1 Å². The van der Waals surface area contributed by atoms with E-state index in [0.717, 1.165) is 12.2 Å². The molecule has 1 aliphatic rings. The third kappa shape index (κ3) is 3.42. The molecule has 1 N–H and O–H groups in total. The fourth-order valence-corrected chi connectivity index (χ4v) is 5.36. The number of hydrogen-bond acceptors (Lipinski definition) is 2. The molecule has 1 aromatic carbocycles. The topological polar surface area (TPSA) is 32.9 Å². The average molecular weight is 344 g/mol. The van der Waals surface area contributed by atoms with E-state index in [1.54, 1.807) is 18.7 Å². The average Bonchev–Trinajstić information content (AvgIpc) is 2.92. The molecule has 2 unspecified atom stereocenters. The molecule has 1 aromatic heterocycles. The van der Waals surface area contributed by atoms with Crippen LogP contribution in [0.1, 0.15) is 57.6 Å². The first-order valence-corrected chi connectivity index (χ1v) is 10.2. The van der Waals surface area contributed by atoms with Crippen LogP contribution in [0.3, 0.4) is 0 Å². The predicted octanol–water partition coefficient (Wildman–Crippen LogP) is 5.57. The Morgan fingerprint density at radius 1 is 1.42 bits per heavy atom. The molecular weight excluding hydrogens is 314 g/mol. The van der Waals surface area contributed by atoms with Crippen molar-refractivity contribution in [2.24, 2.45) is 11.3 Å². The zero-order valence-corrected chi connectivity index (χ0v) is 16.1. The number of thioether (sulfide) groups is 1. The molecule has 0 aliphatic heterocycles. The second-order valence-corrected chi connectivity index (χ2v) is 9.06. The molecule has 2 nitrogen and oxygen atoms in total. The SMILES string of the molecule is CCC(CSCC(C)=O)CC1c2cccc3[nH]cc(c23)CC1(C)C. The van der Waals surface area contributed by atoms with Crippen LogP contribution in [0.25, 0.3) is 10.9 Å². The lowest BCUT2D eigenvalue weighted by atomic mass is 9.64. The van der Waals surface area contributed by atoms with Gasteiger partial charge in [-0.15, -0.1) is 0 Å². The highest BCUT2D eigenvalue weighted by Crippen LogP contribution is 2.50. The van der Waals surface area contributed by atoms with Gasteiger partial charge in [0.05, 0.1) is 5.75 Å². The van der Waals surface area contributed by atoms with Gasteiger partial charge >= 0.3 is 0 Å². The lowest BCUT2D eigenvalue weighted by Gasteiger charge is -2.40. The minimum atomic E-state index is 0.280. The van der Waals surface area contributed by atoms with Crippen molar-refractivity contribution < 1.29 is 4.79 Å². The van der Waals surface area contributed by atoms with E-state index in [1.807, 2.05) is 0 Å². The number of hydrogen-bond donors (Lipinski definition) is 1. The Labute approximate surface area is 149 Å². The summed E-state index contributed by atoms with van der Waals surface area (Å²) in [4.78, 5) is 14.7. The van der Waals surface area contributed by atoms with Crippen LogP contribution in [0.5, 0.6) is 0 Å². The summed E-state index contributed by atoms with van der Waals surface area (Å²) in [5.74, 6) is 3.30. The first-order valence-electron chi connectivity index (χ1n) is 9.08. The Morgan fingerprint density at radius 3 is 2.92 bits per heavy atom. The zero-order valence-electron chi connectivity index (χ0n) is 15.3. The van der Waals surface area contributed by atoms with Crippen molar-refractivity contribution in [2.75, 3.05) is 11.5 Å². The third-order valence-electron chi connectivity index (χ3n) is 5.59.